The molecule has 0 aromatic heterocycles. The van der Waals surface area contributed by atoms with Gasteiger partial charge in [-0.3, -0.25) is 10.1 Å². The molecule has 4 heteroatoms. The summed E-state index contributed by atoms with van der Waals surface area (Å²) in [5.41, 5.74) is -0.685. The molecule has 0 aromatic rings. The second kappa shape index (κ2) is 6.02. The smallest absolute Gasteiger partial charge is 0.323 e. The van der Waals surface area contributed by atoms with Gasteiger partial charge in [-0.15, -0.1) is 0 Å². The fourth-order valence-corrected chi connectivity index (χ4v) is 3.40. The van der Waals surface area contributed by atoms with Crippen molar-refractivity contribution in [2.45, 2.75) is 83.0 Å². The van der Waals surface area contributed by atoms with Crippen LogP contribution in [0.25, 0.3) is 0 Å². The molecule has 2 saturated carbocycles. The standard InChI is InChI=1S/C16H30N2O2/c1-11(2)12(3)18(4)14-6-5-9-16(10-14,15(19)20)17-13-7-8-13/h11-14,17H,5-10H2,1-4H3,(H,19,20). The molecule has 3 atom stereocenters. The Morgan fingerprint density at radius 3 is 2.45 bits per heavy atom. The highest BCUT2D eigenvalue weighted by Gasteiger charge is 2.47. The lowest BCUT2D eigenvalue weighted by molar-refractivity contribution is -0.147. The summed E-state index contributed by atoms with van der Waals surface area (Å²) in [5, 5.41) is 13.2. The van der Waals surface area contributed by atoms with Gasteiger partial charge in [0.15, 0.2) is 0 Å². The van der Waals surface area contributed by atoms with Crippen LogP contribution < -0.4 is 5.32 Å². The monoisotopic (exact) mass is 282 g/mol. The normalized spacial score (nSPS) is 32.6. The summed E-state index contributed by atoms with van der Waals surface area (Å²) in [5.74, 6) is -0.0581. The molecule has 2 aliphatic carbocycles. The molecular formula is C16H30N2O2. The summed E-state index contributed by atoms with van der Waals surface area (Å²) < 4.78 is 0. The van der Waals surface area contributed by atoms with Crippen molar-refractivity contribution in [2.24, 2.45) is 5.92 Å². The Bertz CT molecular complexity index is 354. The molecule has 0 bridgehead atoms. The highest BCUT2D eigenvalue weighted by molar-refractivity contribution is 5.79. The van der Waals surface area contributed by atoms with Crippen molar-refractivity contribution in [1.29, 1.82) is 0 Å². The molecule has 0 spiro atoms. The van der Waals surface area contributed by atoms with E-state index in [4.69, 9.17) is 0 Å². The zero-order chi connectivity index (χ0) is 14.9. The Kier molecular flexibility index (Phi) is 4.75. The first-order valence-corrected chi connectivity index (χ1v) is 8.09. The molecule has 0 aromatic carbocycles. The average molecular weight is 282 g/mol. The molecule has 0 heterocycles. The maximum Gasteiger partial charge on any atom is 0.323 e. The number of nitrogens with one attached hydrogen (secondary N) is 1. The summed E-state index contributed by atoms with van der Waals surface area (Å²) in [7, 11) is 2.16. The van der Waals surface area contributed by atoms with Crippen molar-refractivity contribution in [3.8, 4) is 0 Å². The third-order valence-corrected chi connectivity index (χ3v) is 5.38. The number of hydrogen-bond acceptors (Lipinski definition) is 3. The molecule has 20 heavy (non-hydrogen) atoms. The van der Waals surface area contributed by atoms with E-state index >= 15 is 0 Å². The lowest BCUT2D eigenvalue weighted by Gasteiger charge is -2.44. The van der Waals surface area contributed by atoms with Crippen molar-refractivity contribution in [3.05, 3.63) is 0 Å². The molecule has 0 amide bonds. The molecule has 2 rings (SSSR count). The molecule has 2 N–H and O–H groups in total. The van der Waals surface area contributed by atoms with Crippen LogP contribution in [0, 0.1) is 5.92 Å². The van der Waals surface area contributed by atoms with Crippen LogP contribution >= 0.6 is 0 Å². The van der Waals surface area contributed by atoms with Crippen LogP contribution in [0.1, 0.15) is 59.3 Å². The van der Waals surface area contributed by atoms with Crippen LogP contribution in [0.4, 0.5) is 0 Å². The molecule has 0 saturated heterocycles. The highest BCUT2D eigenvalue weighted by atomic mass is 16.4. The second-order valence-corrected chi connectivity index (χ2v) is 7.21. The van der Waals surface area contributed by atoms with Gasteiger partial charge in [0, 0.05) is 18.1 Å². The first-order valence-electron chi connectivity index (χ1n) is 8.09. The maximum atomic E-state index is 11.8. The van der Waals surface area contributed by atoms with E-state index in [1.54, 1.807) is 0 Å². The van der Waals surface area contributed by atoms with E-state index in [1.165, 1.54) is 0 Å². The molecule has 116 valence electrons. The van der Waals surface area contributed by atoms with E-state index in [1.807, 2.05) is 0 Å². The average Bonchev–Trinajstić information content (AvgIpc) is 3.20. The largest absolute Gasteiger partial charge is 0.480 e. The van der Waals surface area contributed by atoms with Crippen LogP contribution in [0.5, 0.6) is 0 Å². The van der Waals surface area contributed by atoms with Crippen LogP contribution in [-0.2, 0) is 4.79 Å². The Morgan fingerprint density at radius 1 is 1.30 bits per heavy atom. The van der Waals surface area contributed by atoms with Crippen molar-refractivity contribution >= 4 is 5.97 Å². The zero-order valence-corrected chi connectivity index (χ0v) is 13.4. The minimum Gasteiger partial charge on any atom is -0.480 e. The van der Waals surface area contributed by atoms with E-state index in [9.17, 15) is 9.90 Å². The summed E-state index contributed by atoms with van der Waals surface area (Å²) >= 11 is 0. The summed E-state index contributed by atoms with van der Waals surface area (Å²) in [6, 6.07) is 1.31. The van der Waals surface area contributed by atoms with E-state index < -0.39 is 11.5 Å². The molecule has 2 aliphatic rings. The van der Waals surface area contributed by atoms with Gasteiger partial charge in [0.1, 0.15) is 5.54 Å². The van der Waals surface area contributed by atoms with Gasteiger partial charge < -0.3 is 10.0 Å². The number of carboxylic acid groups (broad SMARTS) is 1. The van der Waals surface area contributed by atoms with E-state index in [0.29, 0.717) is 24.0 Å². The van der Waals surface area contributed by atoms with Crippen LogP contribution in [0.2, 0.25) is 0 Å². The molecule has 4 nitrogen and oxygen atoms in total. The Balaban J connectivity index is 2.06. The predicted molar refractivity (Wildman–Crippen MR) is 80.8 cm³/mol. The van der Waals surface area contributed by atoms with Crippen molar-refractivity contribution in [3.63, 3.8) is 0 Å². The Morgan fingerprint density at radius 2 is 1.95 bits per heavy atom. The van der Waals surface area contributed by atoms with Gasteiger partial charge in [0.25, 0.3) is 0 Å². The van der Waals surface area contributed by atoms with Gasteiger partial charge >= 0.3 is 5.97 Å². The van der Waals surface area contributed by atoms with Crippen molar-refractivity contribution in [2.75, 3.05) is 7.05 Å². The van der Waals surface area contributed by atoms with E-state index in [2.05, 4.69) is 38.0 Å². The number of aliphatic carboxylic acids is 1. The van der Waals surface area contributed by atoms with Crippen molar-refractivity contribution in [1.82, 2.24) is 10.2 Å². The molecule has 0 radical (unpaired) electrons. The molecule has 0 aliphatic heterocycles. The Hall–Kier alpha value is -0.610. The minimum absolute atomic E-state index is 0.378. The van der Waals surface area contributed by atoms with E-state index in [-0.39, 0.29) is 0 Å². The SMILES string of the molecule is CC(C)C(C)N(C)C1CCCC(NC2CC2)(C(=O)O)C1. The number of carboxylic acids is 1. The fraction of sp³-hybridized carbons (Fsp3) is 0.938. The fourth-order valence-electron chi connectivity index (χ4n) is 3.40. The van der Waals surface area contributed by atoms with Gasteiger partial charge in [-0.2, -0.15) is 0 Å². The number of rotatable bonds is 6. The van der Waals surface area contributed by atoms with Crippen LogP contribution in [0.15, 0.2) is 0 Å². The summed E-state index contributed by atoms with van der Waals surface area (Å²) in [4.78, 5) is 14.2. The highest BCUT2D eigenvalue weighted by Crippen LogP contribution is 2.35. The van der Waals surface area contributed by atoms with Gasteiger partial charge in [-0.05, 0) is 58.4 Å². The quantitative estimate of drug-likeness (QED) is 0.786. The second-order valence-electron chi connectivity index (χ2n) is 7.21. The molecular weight excluding hydrogens is 252 g/mol. The maximum absolute atomic E-state index is 11.8. The number of carbonyl (C=O) groups is 1. The number of hydrogen-bond donors (Lipinski definition) is 2. The van der Waals surface area contributed by atoms with E-state index in [0.717, 1.165) is 38.5 Å². The Labute approximate surface area is 122 Å². The van der Waals surface area contributed by atoms with Crippen LogP contribution in [-0.4, -0.2) is 46.7 Å². The summed E-state index contributed by atoms with van der Waals surface area (Å²) in [6.45, 7) is 6.71. The number of nitrogens with zero attached hydrogens (tertiary/aromatic N) is 1. The first kappa shape index (κ1) is 15.8. The lowest BCUT2D eigenvalue weighted by Crippen LogP contribution is -2.59. The molecule has 2 fully saturated rings. The summed E-state index contributed by atoms with van der Waals surface area (Å²) in [6.07, 6.45) is 5.92. The molecule has 3 unspecified atom stereocenters. The van der Waals surface area contributed by atoms with Gasteiger partial charge in [0.2, 0.25) is 0 Å². The lowest BCUT2D eigenvalue weighted by atomic mass is 9.77. The van der Waals surface area contributed by atoms with Gasteiger partial charge in [-0.1, -0.05) is 13.8 Å². The minimum atomic E-state index is -0.685. The zero-order valence-electron chi connectivity index (χ0n) is 13.4. The van der Waals surface area contributed by atoms with Gasteiger partial charge in [0.05, 0.1) is 0 Å². The topological polar surface area (TPSA) is 52.6 Å². The third-order valence-electron chi connectivity index (χ3n) is 5.38. The van der Waals surface area contributed by atoms with Crippen molar-refractivity contribution < 1.29 is 9.90 Å². The van der Waals surface area contributed by atoms with Gasteiger partial charge in [-0.25, -0.2) is 0 Å². The predicted octanol–water partition coefficient (Wildman–Crippen LogP) is 2.48. The van der Waals surface area contributed by atoms with Crippen LogP contribution in [0.3, 0.4) is 0 Å². The first-order chi connectivity index (χ1) is 9.35. The third kappa shape index (κ3) is 3.34.